The lowest BCUT2D eigenvalue weighted by Gasteiger charge is -2.30. The fraction of sp³-hybridized carbons (Fsp3) is 0.350. The van der Waals surface area contributed by atoms with Gasteiger partial charge in [0.1, 0.15) is 22.9 Å². The highest BCUT2D eigenvalue weighted by Gasteiger charge is 2.23. The lowest BCUT2D eigenvalue weighted by atomic mass is 10.1. The molecule has 0 radical (unpaired) electrons. The second kappa shape index (κ2) is 8.04. The molecule has 3 rings (SSSR count). The maximum absolute atomic E-state index is 13.7. The summed E-state index contributed by atoms with van der Waals surface area (Å²) in [7, 11) is 0. The van der Waals surface area contributed by atoms with E-state index in [1.165, 1.54) is 28.9 Å². The molecule has 154 valence electrons. The molecule has 0 aliphatic rings. The number of aromatic hydroxyl groups is 1. The summed E-state index contributed by atoms with van der Waals surface area (Å²) in [5.74, 6) is -0.659. The molecule has 0 aliphatic heterocycles. The minimum atomic E-state index is -1.10. The van der Waals surface area contributed by atoms with Crippen LogP contribution in [0.3, 0.4) is 0 Å². The Hall–Kier alpha value is -3.20. The maximum atomic E-state index is 13.7. The van der Waals surface area contributed by atoms with Crippen molar-refractivity contribution < 1.29 is 24.1 Å². The topological polar surface area (TPSA) is 100 Å². The maximum Gasteiger partial charge on any atom is 0.343 e. The van der Waals surface area contributed by atoms with Crippen LogP contribution in [-0.2, 0) is 11.3 Å². The minimum absolute atomic E-state index is 0.0650. The smallest absolute Gasteiger partial charge is 0.343 e. The number of ether oxygens (including phenoxy) is 1. The first-order valence-electron chi connectivity index (χ1n) is 9.14. The molecule has 2 heterocycles. The Morgan fingerprint density at radius 3 is 2.79 bits per heavy atom. The van der Waals surface area contributed by atoms with Crippen molar-refractivity contribution in [3.8, 4) is 5.75 Å². The number of fused-ring (bicyclic) bond motifs is 1. The second-order valence-corrected chi connectivity index (χ2v) is 7.27. The average Bonchev–Trinajstić information content (AvgIpc) is 3.06. The van der Waals surface area contributed by atoms with E-state index in [0.717, 1.165) is 0 Å². The molecule has 2 aromatic heterocycles. The van der Waals surface area contributed by atoms with E-state index in [1.54, 1.807) is 37.9 Å². The van der Waals surface area contributed by atoms with Crippen molar-refractivity contribution in [1.82, 2.24) is 14.6 Å². The van der Waals surface area contributed by atoms with Crippen LogP contribution in [-0.4, -0.2) is 49.5 Å². The second-order valence-electron chi connectivity index (χ2n) is 7.27. The van der Waals surface area contributed by atoms with E-state index < -0.39 is 17.4 Å². The summed E-state index contributed by atoms with van der Waals surface area (Å²) >= 11 is 0. The molecule has 1 aromatic carbocycles. The van der Waals surface area contributed by atoms with Gasteiger partial charge >= 0.3 is 5.97 Å². The number of carbonyl (C=O) groups excluding carboxylic acids is 1. The summed E-state index contributed by atoms with van der Waals surface area (Å²) in [6, 6.07) is 5.34. The van der Waals surface area contributed by atoms with Gasteiger partial charge in [-0.15, -0.1) is 0 Å². The molecule has 0 atom stereocenters. The number of aliphatic hydroxyl groups is 1. The quantitative estimate of drug-likeness (QED) is 0.586. The number of hydrogen-bond acceptors (Lipinski definition) is 7. The molecule has 0 spiro atoms. The number of carbonyl (C=O) groups is 1. The zero-order valence-electron chi connectivity index (χ0n) is 16.5. The van der Waals surface area contributed by atoms with Crippen molar-refractivity contribution in [3.05, 3.63) is 53.6 Å². The number of phenols is 1. The number of benzene rings is 1. The van der Waals surface area contributed by atoms with Crippen LogP contribution in [0.25, 0.3) is 5.65 Å². The van der Waals surface area contributed by atoms with E-state index in [4.69, 9.17) is 4.74 Å². The van der Waals surface area contributed by atoms with Gasteiger partial charge in [0.25, 0.3) is 0 Å². The van der Waals surface area contributed by atoms with Crippen LogP contribution in [0.1, 0.15) is 36.7 Å². The van der Waals surface area contributed by atoms with Gasteiger partial charge in [0, 0.05) is 24.8 Å². The van der Waals surface area contributed by atoms with E-state index in [0.29, 0.717) is 17.0 Å². The number of halogens is 1. The Morgan fingerprint density at radius 2 is 2.10 bits per heavy atom. The van der Waals surface area contributed by atoms with Crippen LogP contribution in [0.2, 0.25) is 0 Å². The van der Waals surface area contributed by atoms with Gasteiger partial charge in [-0.3, -0.25) is 0 Å². The molecule has 9 heteroatoms. The van der Waals surface area contributed by atoms with Crippen molar-refractivity contribution in [2.45, 2.75) is 32.9 Å². The van der Waals surface area contributed by atoms with E-state index in [9.17, 15) is 19.4 Å². The third-order valence-electron chi connectivity index (χ3n) is 4.15. The van der Waals surface area contributed by atoms with E-state index in [-0.39, 0.29) is 31.0 Å². The summed E-state index contributed by atoms with van der Waals surface area (Å²) in [6.45, 7) is 5.44. The van der Waals surface area contributed by atoms with Gasteiger partial charge in [-0.2, -0.15) is 5.10 Å². The van der Waals surface area contributed by atoms with Gasteiger partial charge < -0.3 is 19.8 Å². The van der Waals surface area contributed by atoms with E-state index in [1.807, 2.05) is 0 Å². The SMILES string of the molecule is CCOC(=O)c1cnn2ccc(N(Cc3cc(F)ccc3O)CC(C)(C)O)nc12. The third kappa shape index (κ3) is 4.80. The molecule has 29 heavy (non-hydrogen) atoms. The first kappa shape index (κ1) is 20.5. The number of esters is 1. The van der Waals surface area contributed by atoms with Gasteiger partial charge in [0.15, 0.2) is 5.65 Å². The molecule has 0 saturated carbocycles. The van der Waals surface area contributed by atoms with Crippen molar-refractivity contribution in [2.24, 2.45) is 0 Å². The predicted molar refractivity (Wildman–Crippen MR) is 104 cm³/mol. The number of anilines is 1. The van der Waals surface area contributed by atoms with Crippen LogP contribution < -0.4 is 4.90 Å². The number of aromatic nitrogens is 3. The molecule has 0 amide bonds. The summed E-state index contributed by atoms with van der Waals surface area (Å²) < 4.78 is 20.1. The van der Waals surface area contributed by atoms with Gasteiger partial charge in [-0.1, -0.05) is 0 Å². The summed E-state index contributed by atoms with van der Waals surface area (Å²) in [5, 5.41) is 24.5. The van der Waals surface area contributed by atoms with Gasteiger partial charge in [-0.25, -0.2) is 18.7 Å². The molecule has 3 aromatic rings. The Kier molecular flexibility index (Phi) is 5.69. The molecule has 0 bridgehead atoms. The molecule has 0 saturated heterocycles. The monoisotopic (exact) mass is 402 g/mol. The van der Waals surface area contributed by atoms with E-state index in [2.05, 4.69) is 10.1 Å². The summed E-state index contributed by atoms with van der Waals surface area (Å²) in [5.41, 5.74) is -0.244. The molecular formula is C20H23FN4O4. The molecule has 8 nitrogen and oxygen atoms in total. The molecule has 2 N–H and O–H groups in total. The highest BCUT2D eigenvalue weighted by Crippen LogP contribution is 2.25. The molecular weight excluding hydrogens is 379 g/mol. The fourth-order valence-corrected chi connectivity index (χ4v) is 2.96. The lowest BCUT2D eigenvalue weighted by Crippen LogP contribution is -2.39. The minimum Gasteiger partial charge on any atom is -0.508 e. The van der Waals surface area contributed by atoms with Crippen LogP contribution in [0.15, 0.2) is 36.7 Å². The fourth-order valence-electron chi connectivity index (χ4n) is 2.96. The third-order valence-corrected chi connectivity index (χ3v) is 4.15. The highest BCUT2D eigenvalue weighted by atomic mass is 19.1. The Bertz CT molecular complexity index is 1030. The lowest BCUT2D eigenvalue weighted by molar-refractivity contribution is 0.0528. The summed E-state index contributed by atoms with van der Waals surface area (Å²) in [4.78, 5) is 18.4. The number of rotatable bonds is 7. The first-order chi connectivity index (χ1) is 13.7. The molecule has 0 fully saturated rings. The zero-order valence-corrected chi connectivity index (χ0v) is 16.5. The highest BCUT2D eigenvalue weighted by molar-refractivity contribution is 5.95. The normalized spacial score (nSPS) is 11.6. The van der Waals surface area contributed by atoms with Crippen LogP contribution in [0, 0.1) is 5.82 Å². The Labute approximate surface area is 167 Å². The van der Waals surface area contributed by atoms with Crippen molar-refractivity contribution >= 4 is 17.4 Å². The molecule has 0 unspecified atom stereocenters. The van der Waals surface area contributed by atoms with Crippen LogP contribution in [0.4, 0.5) is 10.2 Å². The summed E-state index contributed by atoms with van der Waals surface area (Å²) in [6.07, 6.45) is 3.01. The number of nitrogens with zero attached hydrogens (tertiary/aromatic N) is 4. The number of hydrogen-bond donors (Lipinski definition) is 2. The van der Waals surface area contributed by atoms with Crippen LogP contribution >= 0.6 is 0 Å². The zero-order chi connectivity index (χ0) is 21.2. The van der Waals surface area contributed by atoms with Crippen LogP contribution in [0.5, 0.6) is 5.75 Å². The largest absolute Gasteiger partial charge is 0.508 e. The predicted octanol–water partition coefficient (Wildman–Crippen LogP) is 2.53. The van der Waals surface area contributed by atoms with E-state index >= 15 is 0 Å². The van der Waals surface area contributed by atoms with Gasteiger partial charge in [0.05, 0.1) is 18.4 Å². The van der Waals surface area contributed by atoms with Crippen molar-refractivity contribution in [1.29, 1.82) is 0 Å². The van der Waals surface area contributed by atoms with Crippen molar-refractivity contribution in [2.75, 3.05) is 18.1 Å². The van der Waals surface area contributed by atoms with Gasteiger partial charge in [-0.05, 0) is 45.0 Å². The standard InChI is InChI=1S/C20H23FN4O4/c1-4-29-19(27)15-10-22-25-8-7-17(23-18(15)25)24(12-20(2,3)28)11-13-9-14(21)5-6-16(13)26/h5-10,26,28H,4,11-12H2,1-3H3. The number of phenolic OH excluding ortho intramolecular Hbond substituents is 1. The molecule has 0 aliphatic carbocycles. The first-order valence-corrected chi connectivity index (χ1v) is 9.14. The Morgan fingerprint density at radius 1 is 1.34 bits per heavy atom. The van der Waals surface area contributed by atoms with Crippen molar-refractivity contribution in [3.63, 3.8) is 0 Å². The van der Waals surface area contributed by atoms with Gasteiger partial charge in [0.2, 0.25) is 0 Å². The average molecular weight is 402 g/mol. The Balaban J connectivity index is 2.02.